The molecule has 2 heterocycles. The Hall–Kier alpha value is -2.31. The molecule has 0 N–H and O–H groups in total. The van der Waals surface area contributed by atoms with Crippen LogP contribution in [0.25, 0.3) is 0 Å². The van der Waals surface area contributed by atoms with E-state index in [1.54, 1.807) is 11.8 Å². The van der Waals surface area contributed by atoms with Crippen molar-refractivity contribution in [3.63, 3.8) is 0 Å². The van der Waals surface area contributed by atoms with E-state index in [-0.39, 0.29) is 30.5 Å². The van der Waals surface area contributed by atoms with Crippen molar-refractivity contribution < 1.29 is 14.3 Å². The lowest BCUT2D eigenvalue weighted by Gasteiger charge is -2.40. The molecule has 2 aromatic carbocycles. The van der Waals surface area contributed by atoms with E-state index in [0.29, 0.717) is 0 Å². The number of para-hydroxylation sites is 1. The van der Waals surface area contributed by atoms with Crippen LogP contribution < -0.4 is 4.90 Å². The summed E-state index contributed by atoms with van der Waals surface area (Å²) in [4.78, 5) is 30.9. The summed E-state index contributed by atoms with van der Waals surface area (Å²) >= 11 is 1.79. The molecule has 0 bridgehead atoms. The number of piperidine rings is 1. The van der Waals surface area contributed by atoms with Gasteiger partial charge in [0, 0.05) is 10.6 Å². The fraction of sp³-hybridized carbons (Fsp3) is 0.391. The minimum Gasteiger partial charge on any atom is -0.468 e. The maximum Gasteiger partial charge on any atom is 0.323 e. The summed E-state index contributed by atoms with van der Waals surface area (Å²) in [5, 5.41) is 0. The zero-order chi connectivity index (χ0) is 20.2. The second-order valence-corrected chi connectivity index (χ2v) is 8.54. The van der Waals surface area contributed by atoms with Gasteiger partial charge in [-0.25, -0.2) is 0 Å². The molecule has 5 nitrogen and oxygen atoms in total. The number of hydrogen-bond donors (Lipinski definition) is 0. The van der Waals surface area contributed by atoms with E-state index in [0.717, 1.165) is 47.7 Å². The molecule has 6 heteroatoms. The van der Waals surface area contributed by atoms with Crippen LogP contribution in [0.4, 0.5) is 5.69 Å². The molecule has 0 aliphatic carbocycles. The molecular weight excluding hydrogens is 384 g/mol. The predicted octanol–water partition coefficient (Wildman–Crippen LogP) is 3.89. The van der Waals surface area contributed by atoms with Crippen molar-refractivity contribution in [3.05, 3.63) is 60.2 Å². The molecule has 2 aliphatic rings. The molecule has 0 radical (unpaired) electrons. The number of hydrogen-bond acceptors (Lipinski definition) is 5. The first kappa shape index (κ1) is 20.0. The van der Waals surface area contributed by atoms with E-state index in [9.17, 15) is 9.59 Å². The van der Waals surface area contributed by atoms with Gasteiger partial charge >= 0.3 is 5.97 Å². The fourth-order valence-electron chi connectivity index (χ4n) is 4.25. The average Bonchev–Trinajstić information content (AvgIpc) is 2.78. The number of thioether (sulfide) groups is 1. The first-order chi connectivity index (χ1) is 14.2. The Labute approximate surface area is 176 Å². The maximum atomic E-state index is 13.6. The Kier molecular flexibility index (Phi) is 6.21. The van der Waals surface area contributed by atoms with Crippen molar-refractivity contribution in [2.24, 2.45) is 0 Å². The van der Waals surface area contributed by atoms with Crippen LogP contribution in [-0.4, -0.2) is 48.8 Å². The number of carbonyl (C=O) groups excluding carboxylic acids is 2. The Morgan fingerprint density at radius 1 is 1.07 bits per heavy atom. The van der Waals surface area contributed by atoms with Gasteiger partial charge in [-0.3, -0.25) is 14.5 Å². The van der Waals surface area contributed by atoms with Crippen molar-refractivity contribution in [1.82, 2.24) is 4.90 Å². The number of fused-ring (bicyclic) bond motifs is 1. The molecule has 2 aliphatic heterocycles. The third-order valence-corrected chi connectivity index (χ3v) is 6.85. The van der Waals surface area contributed by atoms with E-state index in [4.69, 9.17) is 4.74 Å². The minimum atomic E-state index is -0.331. The monoisotopic (exact) mass is 410 g/mol. The van der Waals surface area contributed by atoms with Crippen molar-refractivity contribution in [3.8, 4) is 0 Å². The van der Waals surface area contributed by atoms with Gasteiger partial charge in [0.2, 0.25) is 5.91 Å². The fourth-order valence-corrected chi connectivity index (χ4v) is 5.42. The summed E-state index contributed by atoms with van der Waals surface area (Å²) in [7, 11) is 1.42. The van der Waals surface area contributed by atoms with Crippen LogP contribution in [0.3, 0.4) is 0 Å². The Morgan fingerprint density at radius 2 is 1.83 bits per heavy atom. The SMILES string of the molecule is COC(=O)[C@H]1CCCCN1CC(=O)N1c2ccccc2SC[C@H]1c1ccccc1. The summed E-state index contributed by atoms with van der Waals surface area (Å²) in [5.74, 6) is 0.599. The van der Waals surface area contributed by atoms with Gasteiger partial charge in [-0.15, -0.1) is 11.8 Å². The van der Waals surface area contributed by atoms with Gasteiger partial charge in [-0.05, 0) is 37.1 Å². The molecule has 1 saturated heterocycles. The molecule has 0 unspecified atom stereocenters. The minimum absolute atomic E-state index is 0.0232. The van der Waals surface area contributed by atoms with Gasteiger partial charge in [-0.1, -0.05) is 48.9 Å². The van der Waals surface area contributed by atoms with Gasteiger partial charge in [0.1, 0.15) is 6.04 Å². The lowest BCUT2D eigenvalue weighted by atomic mass is 10.0. The third-order valence-electron chi connectivity index (χ3n) is 5.71. The van der Waals surface area contributed by atoms with E-state index in [2.05, 4.69) is 18.2 Å². The second-order valence-electron chi connectivity index (χ2n) is 7.47. The number of likely N-dealkylation sites (tertiary alicyclic amines) is 1. The highest BCUT2D eigenvalue weighted by atomic mass is 32.2. The summed E-state index contributed by atoms with van der Waals surface area (Å²) in [6, 6.07) is 17.9. The van der Waals surface area contributed by atoms with Crippen LogP contribution >= 0.6 is 11.8 Å². The zero-order valence-corrected chi connectivity index (χ0v) is 17.4. The smallest absolute Gasteiger partial charge is 0.323 e. The number of anilines is 1. The van der Waals surface area contributed by atoms with Gasteiger partial charge in [0.15, 0.2) is 0 Å². The highest BCUT2D eigenvalue weighted by Gasteiger charge is 2.36. The lowest BCUT2D eigenvalue weighted by molar-refractivity contribution is -0.148. The number of amides is 1. The number of ether oxygens (including phenoxy) is 1. The van der Waals surface area contributed by atoms with Crippen molar-refractivity contribution in [2.75, 3.05) is 30.9 Å². The summed E-state index contributed by atoms with van der Waals surface area (Å²) in [5.41, 5.74) is 2.08. The van der Waals surface area contributed by atoms with Crippen molar-refractivity contribution >= 4 is 29.3 Å². The molecule has 4 rings (SSSR count). The number of nitrogens with zero attached hydrogens (tertiary/aromatic N) is 2. The molecule has 2 atom stereocenters. The van der Waals surface area contributed by atoms with Gasteiger partial charge < -0.3 is 9.64 Å². The summed E-state index contributed by atoms with van der Waals surface area (Å²) in [6.07, 6.45) is 2.73. The number of esters is 1. The van der Waals surface area contributed by atoms with Crippen LogP contribution in [-0.2, 0) is 14.3 Å². The van der Waals surface area contributed by atoms with E-state index < -0.39 is 0 Å². The number of benzene rings is 2. The standard InChI is InChI=1S/C23H26N2O3S/c1-28-23(27)19-12-7-8-14-24(19)15-22(26)25-18-11-5-6-13-21(18)29-16-20(25)17-9-3-2-4-10-17/h2-6,9-11,13,19-20H,7-8,12,14-16H2,1H3/t19-,20+/m1/s1. The van der Waals surface area contributed by atoms with Crippen LogP contribution in [0.2, 0.25) is 0 Å². The topological polar surface area (TPSA) is 49.9 Å². The highest BCUT2D eigenvalue weighted by Crippen LogP contribution is 2.43. The molecule has 1 amide bonds. The molecule has 1 fully saturated rings. The Bertz CT molecular complexity index is 873. The van der Waals surface area contributed by atoms with E-state index in [1.807, 2.05) is 46.2 Å². The van der Waals surface area contributed by atoms with E-state index in [1.165, 1.54) is 7.11 Å². The average molecular weight is 411 g/mol. The molecular formula is C23H26N2O3S. The molecule has 152 valence electrons. The van der Waals surface area contributed by atoms with Gasteiger partial charge in [0.05, 0.1) is 25.4 Å². The second kappa shape index (κ2) is 9.01. The molecule has 0 saturated carbocycles. The Balaban J connectivity index is 1.63. The number of methoxy groups -OCH3 is 1. The lowest BCUT2D eigenvalue weighted by Crippen LogP contribution is -2.51. The maximum absolute atomic E-state index is 13.6. The summed E-state index contributed by atoms with van der Waals surface area (Å²) < 4.78 is 4.98. The first-order valence-corrected chi connectivity index (χ1v) is 11.1. The predicted molar refractivity (Wildman–Crippen MR) is 115 cm³/mol. The van der Waals surface area contributed by atoms with Crippen LogP contribution in [0.15, 0.2) is 59.5 Å². The zero-order valence-electron chi connectivity index (χ0n) is 16.6. The first-order valence-electron chi connectivity index (χ1n) is 10.1. The number of carbonyl (C=O) groups is 2. The Morgan fingerprint density at radius 3 is 2.62 bits per heavy atom. The van der Waals surface area contributed by atoms with Crippen LogP contribution in [0.1, 0.15) is 30.9 Å². The van der Waals surface area contributed by atoms with Crippen LogP contribution in [0.5, 0.6) is 0 Å². The van der Waals surface area contributed by atoms with E-state index >= 15 is 0 Å². The number of rotatable bonds is 4. The third kappa shape index (κ3) is 4.19. The van der Waals surface area contributed by atoms with Crippen molar-refractivity contribution in [1.29, 1.82) is 0 Å². The molecule has 0 aromatic heterocycles. The normalized spacial score (nSPS) is 22.0. The largest absolute Gasteiger partial charge is 0.468 e. The molecule has 0 spiro atoms. The quantitative estimate of drug-likeness (QED) is 0.716. The highest BCUT2D eigenvalue weighted by molar-refractivity contribution is 7.99. The van der Waals surface area contributed by atoms with Gasteiger partial charge in [-0.2, -0.15) is 0 Å². The van der Waals surface area contributed by atoms with Gasteiger partial charge in [0.25, 0.3) is 0 Å². The van der Waals surface area contributed by atoms with Crippen LogP contribution in [0, 0.1) is 0 Å². The molecule has 29 heavy (non-hydrogen) atoms. The molecule has 2 aromatic rings. The van der Waals surface area contributed by atoms with Crippen molar-refractivity contribution in [2.45, 2.75) is 36.2 Å². The summed E-state index contributed by atoms with van der Waals surface area (Å²) in [6.45, 7) is 0.966.